The first-order chi connectivity index (χ1) is 20.0. The Labute approximate surface area is 240 Å². The molecule has 0 N–H and O–H groups in total. The molecule has 0 aliphatic carbocycles. The van der Waals surface area contributed by atoms with Crippen LogP contribution < -0.4 is 0 Å². The summed E-state index contributed by atoms with van der Waals surface area (Å²) >= 11 is 0. The highest BCUT2D eigenvalue weighted by Gasteiger charge is 2.21. The Hall–Kier alpha value is -5.42. The van der Waals surface area contributed by atoms with Crippen molar-refractivity contribution in [3.8, 4) is 22.8 Å². The molecule has 0 fully saturated rings. The molecular formula is C36H29N5. The highest BCUT2D eigenvalue weighted by Crippen LogP contribution is 2.35. The molecule has 0 atom stereocenters. The first kappa shape index (κ1) is 25.8. The Balaban J connectivity index is 1.43. The predicted octanol–water partition coefficient (Wildman–Crippen LogP) is 8.41. The molecular weight excluding hydrogens is 502 g/mol. The number of fused-ring (bicyclic) bond motifs is 1. The molecule has 5 nitrogen and oxygen atoms in total. The van der Waals surface area contributed by atoms with Gasteiger partial charge in [-0.2, -0.15) is 0 Å². The van der Waals surface area contributed by atoms with Gasteiger partial charge in [-0.25, -0.2) is 15.0 Å². The molecule has 0 saturated carbocycles. The minimum Gasteiger partial charge on any atom is -0.320 e. The summed E-state index contributed by atoms with van der Waals surface area (Å²) in [6.45, 7) is 12.6. The van der Waals surface area contributed by atoms with Gasteiger partial charge in [0.05, 0.1) is 28.1 Å². The fourth-order valence-corrected chi connectivity index (χ4v) is 4.89. The van der Waals surface area contributed by atoms with Crippen LogP contribution in [0.4, 0.5) is 0 Å². The van der Waals surface area contributed by atoms with Gasteiger partial charge in [0.15, 0.2) is 0 Å². The number of allylic oxidation sites excluding steroid dienone is 6. The second kappa shape index (κ2) is 11.0. The van der Waals surface area contributed by atoms with Crippen molar-refractivity contribution in [2.24, 2.45) is 0 Å². The lowest BCUT2D eigenvalue weighted by Gasteiger charge is -2.29. The molecule has 2 aromatic carbocycles. The van der Waals surface area contributed by atoms with E-state index in [9.17, 15) is 0 Å². The number of aromatic nitrogens is 4. The van der Waals surface area contributed by atoms with E-state index in [1.165, 1.54) is 0 Å². The number of hydrogen-bond acceptors (Lipinski definition) is 5. The predicted molar refractivity (Wildman–Crippen MR) is 168 cm³/mol. The summed E-state index contributed by atoms with van der Waals surface area (Å²) in [5.74, 6) is 0. The lowest BCUT2D eigenvalue weighted by molar-refractivity contribution is 0.598. The molecule has 0 bridgehead atoms. The minimum atomic E-state index is 0.687. The van der Waals surface area contributed by atoms with Crippen molar-refractivity contribution in [3.05, 3.63) is 157 Å². The summed E-state index contributed by atoms with van der Waals surface area (Å²) in [5.41, 5.74) is 11.3. The number of aryl methyl sites for hydroxylation is 1. The van der Waals surface area contributed by atoms with Crippen molar-refractivity contribution >= 4 is 22.2 Å². The van der Waals surface area contributed by atoms with E-state index >= 15 is 0 Å². The molecule has 198 valence electrons. The van der Waals surface area contributed by atoms with Crippen LogP contribution in [0.5, 0.6) is 0 Å². The SMILES string of the molecule is C=C/C(=C\N1C(=C)C(c2cccc(-c3nc4cc(C)ccc4nc3-c3ccccn3)n2)=CC=C1C)c1ccccc1. The van der Waals surface area contributed by atoms with Gasteiger partial charge >= 0.3 is 0 Å². The largest absolute Gasteiger partial charge is 0.320 e. The van der Waals surface area contributed by atoms with Gasteiger partial charge in [-0.05, 0) is 79.1 Å². The van der Waals surface area contributed by atoms with Crippen LogP contribution in [0.3, 0.4) is 0 Å². The summed E-state index contributed by atoms with van der Waals surface area (Å²) < 4.78 is 0. The van der Waals surface area contributed by atoms with Gasteiger partial charge in [-0.15, -0.1) is 0 Å². The molecule has 0 saturated heterocycles. The standard InChI is InChI=1S/C36H29N5/c1-5-27(28-12-7-6-8-13-28)23-41-25(3)18-19-29(26(41)4)30-15-11-16-33(38-30)36-35(32-14-9-10-21-37-32)39-31-20-17-24(2)22-34(31)40-36/h5-23H,1,4H2,2-3H3/b27-23+. The van der Waals surface area contributed by atoms with E-state index in [0.717, 1.165) is 61.8 Å². The molecule has 1 aliphatic heterocycles. The van der Waals surface area contributed by atoms with Gasteiger partial charge in [-0.1, -0.05) is 67.8 Å². The summed E-state index contributed by atoms with van der Waals surface area (Å²) in [6, 6.07) is 28.1. The van der Waals surface area contributed by atoms with Gasteiger partial charge < -0.3 is 4.90 Å². The molecule has 0 spiro atoms. The van der Waals surface area contributed by atoms with Crippen molar-refractivity contribution in [1.29, 1.82) is 0 Å². The van der Waals surface area contributed by atoms with Gasteiger partial charge in [-0.3, -0.25) is 4.98 Å². The van der Waals surface area contributed by atoms with Crippen molar-refractivity contribution in [3.63, 3.8) is 0 Å². The van der Waals surface area contributed by atoms with E-state index in [-0.39, 0.29) is 0 Å². The number of pyridine rings is 2. The number of nitrogens with zero attached hydrogens (tertiary/aromatic N) is 5. The van der Waals surface area contributed by atoms with E-state index < -0.39 is 0 Å². The lowest BCUT2D eigenvalue weighted by atomic mass is 10.0. The topological polar surface area (TPSA) is 54.8 Å². The summed E-state index contributed by atoms with van der Waals surface area (Å²) in [6.07, 6.45) is 9.86. The van der Waals surface area contributed by atoms with Gasteiger partial charge in [0.2, 0.25) is 0 Å². The Bertz CT molecular complexity index is 1880. The quantitative estimate of drug-likeness (QED) is 0.206. The van der Waals surface area contributed by atoms with Crippen LogP contribution in [0.15, 0.2) is 140 Å². The lowest BCUT2D eigenvalue weighted by Crippen LogP contribution is -2.18. The maximum atomic E-state index is 5.09. The molecule has 0 unspecified atom stereocenters. The van der Waals surface area contributed by atoms with Crippen molar-refractivity contribution in [2.75, 3.05) is 0 Å². The maximum Gasteiger partial charge on any atom is 0.117 e. The molecule has 41 heavy (non-hydrogen) atoms. The fraction of sp³-hybridized carbons (Fsp3) is 0.0556. The zero-order valence-electron chi connectivity index (χ0n) is 23.1. The van der Waals surface area contributed by atoms with E-state index in [1.807, 2.05) is 78.9 Å². The smallest absolute Gasteiger partial charge is 0.117 e. The molecule has 5 heteroatoms. The van der Waals surface area contributed by atoms with Crippen molar-refractivity contribution in [1.82, 2.24) is 24.8 Å². The third-order valence-corrected chi connectivity index (χ3v) is 7.06. The van der Waals surface area contributed by atoms with E-state index in [2.05, 4.69) is 67.4 Å². The number of hydrogen-bond donors (Lipinski definition) is 0. The Morgan fingerprint density at radius 1 is 0.732 bits per heavy atom. The van der Waals surface area contributed by atoms with Crippen LogP contribution in [-0.2, 0) is 0 Å². The monoisotopic (exact) mass is 531 g/mol. The average Bonchev–Trinajstić information content (AvgIpc) is 3.01. The van der Waals surface area contributed by atoms with E-state index in [0.29, 0.717) is 11.4 Å². The number of rotatable bonds is 6. The Morgan fingerprint density at radius 3 is 2.24 bits per heavy atom. The molecule has 0 amide bonds. The van der Waals surface area contributed by atoms with E-state index in [1.54, 1.807) is 6.20 Å². The zero-order chi connectivity index (χ0) is 28.3. The van der Waals surface area contributed by atoms with Crippen LogP contribution in [-0.4, -0.2) is 24.8 Å². The molecule has 5 aromatic rings. The second-order valence-corrected chi connectivity index (χ2v) is 9.90. The zero-order valence-corrected chi connectivity index (χ0v) is 23.1. The molecule has 6 rings (SSSR count). The number of benzene rings is 2. The van der Waals surface area contributed by atoms with Crippen molar-refractivity contribution in [2.45, 2.75) is 13.8 Å². The van der Waals surface area contributed by atoms with Crippen LogP contribution in [0.2, 0.25) is 0 Å². The molecule has 1 aliphatic rings. The highest BCUT2D eigenvalue weighted by molar-refractivity contribution is 5.86. The van der Waals surface area contributed by atoms with Crippen LogP contribution in [0.1, 0.15) is 23.7 Å². The van der Waals surface area contributed by atoms with Gasteiger partial charge in [0.1, 0.15) is 11.4 Å². The van der Waals surface area contributed by atoms with Gasteiger partial charge in [0.25, 0.3) is 0 Å². The molecule has 0 radical (unpaired) electrons. The fourth-order valence-electron chi connectivity index (χ4n) is 4.89. The maximum absolute atomic E-state index is 5.09. The Morgan fingerprint density at radius 2 is 1.46 bits per heavy atom. The van der Waals surface area contributed by atoms with E-state index in [4.69, 9.17) is 15.0 Å². The normalized spacial score (nSPS) is 13.7. The van der Waals surface area contributed by atoms with Crippen molar-refractivity contribution < 1.29 is 0 Å². The first-order valence-electron chi connectivity index (χ1n) is 13.5. The summed E-state index contributed by atoms with van der Waals surface area (Å²) in [4.78, 5) is 21.8. The van der Waals surface area contributed by atoms with Gasteiger partial charge in [0, 0.05) is 29.4 Å². The second-order valence-electron chi connectivity index (χ2n) is 9.90. The van der Waals surface area contributed by atoms with Crippen LogP contribution >= 0.6 is 0 Å². The molecule has 3 aromatic heterocycles. The average molecular weight is 532 g/mol. The third-order valence-electron chi connectivity index (χ3n) is 7.06. The van der Waals surface area contributed by atoms with Crippen LogP contribution in [0.25, 0.3) is 45.0 Å². The first-order valence-corrected chi connectivity index (χ1v) is 13.5. The Kier molecular flexibility index (Phi) is 6.92. The third kappa shape index (κ3) is 5.13. The highest BCUT2D eigenvalue weighted by atomic mass is 15.1. The summed E-state index contributed by atoms with van der Waals surface area (Å²) in [5, 5.41) is 0. The van der Waals surface area contributed by atoms with Crippen LogP contribution in [0, 0.1) is 6.92 Å². The molecule has 4 heterocycles. The minimum absolute atomic E-state index is 0.687. The summed E-state index contributed by atoms with van der Waals surface area (Å²) in [7, 11) is 0.